The lowest BCUT2D eigenvalue weighted by Gasteiger charge is -2.26. The number of anilines is 1. The molecule has 136 valence electrons. The van der Waals surface area contributed by atoms with Gasteiger partial charge in [0, 0.05) is 17.2 Å². The molecule has 27 heavy (non-hydrogen) atoms. The molecule has 1 amide bonds. The molecule has 1 N–H and O–H groups in total. The van der Waals surface area contributed by atoms with Crippen molar-refractivity contribution in [3.05, 3.63) is 93.7 Å². The van der Waals surface area contributed by atoms with E-state index in [0.717, 1.165) is 5.56 Å². The summed E-state index contributed by atoms with van der Waals surface area (Å²) >= 11 is 3.23. The highest BCUT2D eigenvalue weighted by Gasteiger charge is 2.38. The van der Waals surface area contributed by atoms with E-state index in [9.17, 15) is 13.6 Å². The van der Waals surface area contributed by atoms with E-state index in [0.29, 0.717) is 15.7 Å². The van der Waals surface area contributed by atoms with E-state index in [-0.39, 0.29) is 24.0 Å². The summed E-state index contributed by atoms with van der Waals surface area (Å²) in [5.41, 5.74) is 2.03. The Kier molecular flexibility index (Phi) is 4.61. The van der Waals surface area contributed by atoms with Crippen LogP contribution in [0.25, 0.3) is 0 Å². The number of nitrogens with one attached hydrogen (secondary N) is 1. The van der Waals surface area contributed by atoms with Gasteiger partial charge in [-0.1, -0.05) is 28.1 Å². The van der Waals surface area contributed by atoms with Gasteiger partial charge in [-0.2, -0.15) is 0 Å². The molecule has 0 bridgehead atoms. The lowest BCUT2D eigenvalue weighted by atomic mass is 10.2. The average molecular weight is 430 g/mol. The minimum absolute atomic E-state index is 0.211. The molecule has 4 nitrogen and oxygen atoms in total. The molecule has 1 aromatic heterocycles. The molecule has 0 saturated carbocycles. The molecule has 0 aliphatic carbocycles. The summed E-state index contributed by atoms with van der Waals surface area (Å²) in [6.07, 6.45) is 0.967. The highest BCUT2D eigenvalue weighted by atomic mass is 79.9. The van der Waals surface area contributed by atoms with Crippen molar-refractivity contribution in [2.24, 2.45) is 0 Å². The molecule has 2 heterocycles. The second-order valence-electron chi connectivity index (χ2n) is 6.17. The first-order chi connectivity index (χ1) is 13.0. The van der Waals surface area contributed by atoms with Gasteiger partial charge in [0.05, 0.1) is 16.9 Å². The molecule has 0 unspecified atom stereocenters. The van der Waals surface area contributed by atoms with Crippen molar-refractivity contribution in [1.82, 2.24) is 9.88 Å². The number of fused-ring (bicyclic) bond motifs is 1. The van der Waals surface area contributed by atoms with E-state index >= 15 is 0 Å². The number of carbonyl (C=O) groups is 1. The molecule has 4 rings (SSSR count). The predicted octanol–water partition coefficient (Wildman–Crippen LogP) is 4.89. The maximum atomic E-state index is 14.3. The van der Waals surface area contributed by atoms with Crippen molar-refractivity contribution in [3.63, 3.8) is 0 Å². The quantitative estimate of drug-likeness (QED) is 0.641. The first-order valence-electron chi connectivity index (χ1n) is 8.25. The largest absolute Gasteiger partial charge is 0.358 e. The van der Waals surface area contributed by atoms with Crippen LogP contribution in [-0.2, 0) is 6.54 Å². The third-order valence-corrected chi connectivity index (χ3v) is 4.88. The fourth-order valence-electron chi connectivity index (χ4n) is 3.09. The Balaban J connectivity index is 1.70. The van der Waals surface area contributed by atoms with Gasteiger partial charge in [-0.15, -0.1) is 0 Å². The van der Waals surface area contributed by atoms with Gasteiger partial charge in [0.15, 0.2) is 0 Å². The summed E-state index contributed by atoms with van der Waals surface area (Å²) < 4.78 is 28.1. The van der Waals surface area contributed by atoms with Crippen LogP contribution < -0.4 is 5.32 Å². The Morgan fingerprint density at radius 2 is 1.89 bits per heavy atom. The molecule has 0 radical (unpaired) electrons. The monoisotopic (exact) mass is 429 g/mol. The Morgan fingerprint density at radius 3 is 2.63 bits per heavy atom. The normalized spacial score (nSPS) is 15.7. The molecule has 3 aromatic rings. The molecule has 1 aliphatic heterocycles. The highest BCUT2D eigenvalue weighted by molar-refractivity contribution is 9.10. The van der Waals surface area contributed by atoms with Gasteiger partial charge in [0.25, 0.3) is 5.91 Å². The van der Waals surface area contributed by atoms with E-state index in [1.165, 1.54) is 18.2 Å². The fourth-order valence-corrected chi connectivity index (χ4v) is 3.42. The average Bonchev–Trinajstić information content (AvgIpc) is 2.92. The minimum Gasteiger partial charge on any atom is -0.358 e. The topological polar surface area (TPSA) is 45.2 Å². The van der Waals surface area contributed by atoms with Gasteiger partial charge >= 0.3 is 0 Å². The number of nitrogens with zero attached hydrogens (tertiary/aromatic N) is 2. The first kappa shape index (κ1) is 17.6. The Bertz CT molecular complexity index is 1010. The zero-order valence-electron chi connectivity index (χ0n) is 14.0. The lowest BCUT2D eigenvalue weighted by Crippen LogP contribution is -2.32. The van der Waals surface area contributed by atoms with Crippen LogP contribution in [0.1, 0.15) is 27.8 Å². The summed E-state index contributed by atoms with van der Waals surface area (Å²) in [6, 6.07) is 14.0. The number of halogens is 3. The van der Waals surface area contributed by atoms with E-state index < -0.39 is 12.0 Å². The fraction of sp³-hybridized carbons (Fsp3) is 0.100. The van der Waals surface area contributed by atoms with Crippen LogP contribution in [-0.4, -0.2) is 15.8 Å². The van der Waals surface area contributed by atoms with Crippen LogP contribution in [0.3, 0.4) is 0 Å². The second-order valence-corrected chi connectivity index (χ2v) is 7.08. The number of benzene rings is 2. The molecular weight excluding hydrogens is 416 g/mol. The molecule has 1 aliphatic rings. The van der Waals surface area contributed by atoms with Crippen LogP contribution in [0.5, 0.6) is 0 Å². The Labute approximate surface area is 163 Å². The summed E-state index contributed by atoms with van der Waals surface area (Å²) in [6.45, 7) is 0.241. The lowest BCUT2D eigenvalue weighted by molar-refractivity contribution is 0.0727. The number of pyridine rings is 1. The maximum absolute atomic E-state index is 14.3. The van der Waals surface area contributed by atoms with Crippen LogP contribution >= 0.6 is 15.9 Å². The number of aromatic nitrogens is 1. The number of amides is 1. The number of rotatable bonds is 4. The van der Waals surface area contributed by atoms with E-state index in [4.69, 9.17) is 0 Å². The SMILES string of the molecule is O=C1c2cccnc2[C@H](Nc2ccc(Br)cc2F)N1Cc1ccc(F)cc1. The third-order valence-electron chi connectivity index (χ3n) is 4.39. The Morgan fingerprint density at radius 1 is 1.11 bits per heavy atom. The number of hydrogen-bond acceptors (Lipinski definition) is 3. The van der Waals surface area contributed by atoms with Gasteiger partial charge in [-0.3, -0.25) is 9.78 Å². The van der Waals surface area contributed by atoms with Crippen molar-refractivity contribution in [1.29, 1.82) is 0 Å². The van der Waals surface area contributed by atoms with Gasteiger partial charge < -0.3 is 10.2 Å². The molecule has 7 heteroatoms. The summed E-state index contributed by atoms with van der Waals surface area (Å²) in [5, 5.41) is 3.08. The second kappa shape index (κ2) is 7.08. The van der Waals surface area contributed by atoms with Crippen molar-refractivity contribution >= 4 is 27.5 Å². The van der Waals surface area contributed by atoms with Crippen molar-refractivity contribution in [3.8, 4) is 0 Å². The van der Waals surface area contributed by atoms with Crippen LogP contribution in [0.15, 0.2) is 65.3 Å². The van der Waals surface area contributed by atoms with Crippen molar-refractivity contribution in [2.45, 2.75) is 12.7 Å². The van der Waals surface area contributed by atoms with Gasteiger partial charge in [0.1, 0.15) is 17.8 Å². The molecule has 0 saturated heterocycles. The molecule has 0 fully saturated rings. The highest BCUT2D eigenvalue weighted by Crippen LogP contribution is 2.35. The van der Waals surface area contributed by atoms with E-state index in [1.807, 2.05) is 0 Å². The van der Waals surface area contributed by atoms with E-state index in [2.05, 4.69) is 26.2 Å². The summed E-state index contributed by atoms with van der Waals surface area (Å²) in [4.78, 5) is 18.8. The van der Waals surface area contributed by atoms with Gasteiger partial charge in [-0.05, 0) is 48.0 Å². The molecule has 0 spiro atoms. The first-order valence-corrected chi connectivity index (χ1v) is 9.04. The maximum Gasteiger partial charge on any atom is 0.258 e. The zero-order chi connectivity index (χ0) is 19.0. The van der Waals surface area contributed by atoms with Crippen molar-refractivity contribution in [2.75, 3.05) is 5.32 Å². The summed E-state index contributed by atoms with van der Waals surface area (Å²) in [7, 11) is 0. The molecule has 1 atom stereocenters. The summed E-state index contributed by atoms with van der Waals surface area (Å²) in [5.74, 6) is -0.997. The molecular formula is C20H14BrF2N3O. The van der Waals surface area contributed by atoms with Crippen LogP contribution in [0, 0.1) is 11.6 Å². The standard InChI is InChI=1S/C20H14BrF2N3O/c21-13-5-8-17(16(23)10-13)25-19-18-15(2-1-9-24-18)20(27)26(19)11-12-3-6-14(22)7-4-12/h1-10,19,25H,11H2/t19-/m1/s1. The third kappa shape index (κ3) is 3.42. The van der Waals surface area contributed by atoms with Gasteiger partial charge in [0.2, 0.25) is 0 Å². The number of hydrogen-bond donors (Lipinski definition) is 1. The predicted molar refractivity (Wildman–Crippen MR) is 101 cm³/mol. The van der Waals surface area contributed by atoms with Crippen LogP contribution in [0.4, 0.5) is 14.5 Å². The van der Waals surface area contributed by atoms with Crippen LogP contribution in [0.2, 0.25) is 0 Å². The Hall–Kier alpha value is -2.80. The molecule has 2 aromatic carbocycles. The number of carbonyl (C=O) groups excluding carboxylic acids is 1. The minimum atomic E-state index is -0.630. The zero-order valence-corrected chi connectivity index (χ0v) is 15.6. The van der Waals surface area contributed by atoms with Crippen molar-refractivity contribution < 1.29 is 13.6 Å². The van der Waals surface area contributed by atoms with Gasteiger partial charge in [-0.25, -0.2) is 8.78 Å². The van der Waals surface area contributed by atoms with E-state index in [1.54, 1.807) is 47.5 Å². The smallest absolute Gasteiger partial charge is 0.258 e.